The molecule has 3 aromatic rings. The fourth-order valence-corrected chi connectivity index (χ4v) is 3.04. The van der Waals surface area contributed by atoms with Crippen LogP contribution in [0.4, 0.5) is 0 Å². The second kappa shape index (κ2) is 6.62. The van der Waals surface area contributed by atoms with Gasteiger partial charge in [-0.1, -0.05) is 42.1 Å². The number of aryl methyl sites for hydroxylation is 1. The molecule has 1 heterocycles. The molecule has 112 valence electrons. The fraction of sp³-hybridized carbons (Fsp3) is 0.188. The van der Waals surface area contributed by atoms with E-state index in [1.807, 2.05) is 36.4 Å². The van der Waals surface area contributed by atoms with E-state index in [4.69, 9.17) is 4.74 Å². The molecule has 22 heavy (non-hydrogen) atoms. The molecule has 2 aromatic carbocycles. The van der Waals surface area contributed by atoms with E-state index in [2.05, 4.69) is 34.6 Å². The highest BCUT2D eigenvalue weighted by molar-refractivity contribution is 7.98. The van der Waals surface area contributed by atoms with Crippen molar-refractivity contribution in [3.8, 4) is 11.4 Å². The average Bonchev–Trinajstić information content (AvgIpc) is 3.01. The summed E-state index contributed by atoms with van der Waals surface area (Å²) in [5.41, 5.74) is 3.26. The first-order valence-electron chi connectivity index (χ1n) is 6.88. The molecule has 6 heteroatoms. The van der Waals surface area contributed by atoms with E-state index in [0.29, 0.717) is 0 Å². The summed E-state index contributed by atoms with van der Waals surface area (Å²) in [5.74, 6) is 1.63. The number of para-hydroxylation sites is 1. The van der Waals surface area contributed by atoms with Gasteiger partial charge >= 0.3 is 0 Å². The highest BCUT2D eigenvalue weighted by Crippen LogP contribution is 2.27. The Kier molecular flexibility index (Phi) is 4.39. The summed E-state index contributed by atoms with van der Waals surface area (Å²) >= 11 is 1.58. The maximum absolute atomic E-state index is 5.37. The SMILES string of the molecule is COc1ccccc1CSc1nnnn1-c1cccc(C)c1. The summed E-state index contributed by atoms with van der Waals surface area (Å²) in [6, 6.07) is 16.1. The molecule has 0 aliphatic heterocycles. The first-order chi connectivity index (χ1) is 10.8. The minimum atomic E-state index is 0.746. The van der Waals surface area contributed by atoms with Crippen molar-refractivity contribution in [3.05, 3.63) is 59.7 Å². The molecule has 0 aliphatic carbocycles. The van der Waals surface area contributed by atoms with E-state index >= 15 is 0 Å². The molecular formula is C16H16N4OS. The number of methoxy groups -OCH3 is 1. The van der Waals surface area contributed by atoms with Crippen molar-refractivity contribution < 1.29 is 4.74 Å². The minimum Gasteiger partial charge on any atom is -0.496 e. The highest BCUT2D eigenvalue weighted by Gasteiger charge is 2.10. The van der Waals surface area contributed by atoms with Crippen molar-refractivity contribution >= 4 is 11.8 Å². The molecule has 0 spiro atoms. The van der Waals surface area contributed by atoms with Gasteiger partial charge in [0.25, 0.3) is 0 Å². The van der Waals surface area contributed by atoms with E-state index in [9.17, 15) is 0 Å². The Morgan fingerprint density at radius 1 is 1.14 bits per heavy atom. The second-order valence-corrected chi connectivity index (χ2v) is 5.76. The van der Waals surface area contributed by atoms with Crippen LogP contribution in [0.2, 0.25) is 0 Å². The van der Waals surface area contributed by atoms with Gasteiger partial charge in [-0.2, -0.15) is 4.68 Å². The number of rotatable bonds is 5. The topological polar surface area (TPSA) is 52.8 Å². The van der Waals surface area contributed by atoms with Crippen LogP contribution >= 0.6 is 11.8 Å². The van der Waals surface area contributed by atoms with Crippen LogP contribution in [-0.4, -0.2) is 27.3 Å². The first-order valence-corrected chi connectivity index (χ1v) is 7.86. The predicted molar refractivity (Wildman–Crippen MR) is 86.4 cm³/mol. The third kappa shape index (κ3) is 3.12. The van der Waals surface area contributed by atoms with Crippen molar-refractivity contribution in [2.45, 2.75) is 17.8 Å². The monoisotopic (exact) mass is 312 g/mol. The van der Waals surface area contributed by atoms with Crippen molar-refractivity contribution in [1.82, 2.24) is 20.2 Å². The van der Waals surface area contributed by atoms with Gasteiger partial charge in [0.15, 0.2) is 0 Å². The molecule has 0 N–H and O–H groups in total. The molecule has 0 saturated carbocycles. The van der Waals surface area contributed by atoms with Gasteiger partial charge in [-0.15, -0.1) is 5.10 Å². The number of hydrogen-bond acceptors (Lipinski definition) is 5. The Bertz CT molecular complexity index is 772. The highest BCUT2D eigenvalue weighted by atomic mass is 32.2. The van der Waals surface area contributed by atoms with Crippen LogP contribution in [0.25, 0.3) is 5.69 Å². The smallest absolute Gasteiger partial charge is 0.214 e. The maximum Gasteiger partial charge on any atom is 0.214 e. The van der Waals surface area contributed by atoms with Gasteiger partial charge in [-0.3, -0.25) is 0 Å². The van der Waals surface area contributed by atoms with Crippen LogP contribution in [0, 0.1) is 6.92 Å². The summed E-state index contributed by atoms with van der Waals surface area (Å²) in [4.78, 5) is 0. The largest absolute Gasteiger partial charge is 0.496 e. The number of thioether (sulfide) groups is 1. The van der Waals surface area contributed by atoms with Crippen LogP contribution in [0.15, 0.2) is 53.7 Å². The molecule has 0 radical (unpaired) electrons. The fourth-order valence-electron chi connectivity index (χ4n) is 2.16. The molecule has 0 unspecified atom stereocenters. The number of nitrogens with zero attached hydrogens (tertiary/aromatic N) is 4. The Labute approximate surface area is 133 Å². The van der Waals surface area contributed by atoms with Gasteiger partial charge in [0.05, 0.1) is 12.8 Å². The van der Waals surface area contributed by atoms with E-state index in [-0.39, 0.29) is 0 Å². The second-order valence-electron chi connectivity index (χ2n) is 4.81. The molecule has 0 bridgehead atoms. The Morgan fingerprint density at radius 2 is 2.00 bits per heavy atom. The van der Waals surface area contributed by atoms with Crippen molar-refractivity contribution in [2.24, 2.45) is 0 Å². The Morgan fingerprint density at radius 3 is 2.82 bits per heavy atom. The van der Waals surface area contributed by atoms with Crippen LogP contribution in [0.3, 0.4) is 0 Å². The third-order valence-corrected chi connectivity index (χ3v) is 4.20. The summed E-state index contributed by atoms with van der Waals surface area (Å²) in [6.07, 6.45) is 0. The van der Waals surface area contributed by atoms with Crippen LogP contribution in [0.1, 0.15) is 11.1 Å². The van der Waals surface area contributed by atoms with Gasteiger partial charge in [-0.25, -0.2) is 0 Å². The summed E-state index contributed by atoms with van der Waals surface area (Å²) in [7, 11) is 1.68. The zero-order valence-corrected chi connectivity index (χ0v) is 13.2. The molecule has 5 nitrogen and oxygen atoms in total. The summed E-state index contributed by atoms with van der Waals surface area (Å²) in [5, 5.41) is 12.8. The van der Waals surface area contributed by atoms with Crippen molar-refractivity contribution in [2.75, 3.05) is 7.11 Å². The molecule has 1 aromatic heterocycles. The quantitative estimate of drug-likeness (QED) is 0.677. The van der Waals surface area contributed by atoms with Crippen LogP contribution in [-0.2, 0) is 5.75 Å². The molecule has 0 amide bonds. The van der Waals surface area contributed by atoms with Crippen LogP contribution in [0.5, 0.6) is 5.75 Å². The molecule has 0 atom stereocenters. The average molecular weight is 312 g/mol. The Hall–Kier alpha value is -2.34. The van der Waals surface area contributed by atoms with Crippen molar-refractivity contribution in [1.29, 1.82) is 0 Å². The molecule has 0 saturated heterocycles. The zero-order chi connectivity index (χ0) is 15.4. The van der Waals surface area contributed by atoms with E-state index < -0.39 is 0 Å². The number of ether oxygens (including phenoxy) is 1. The van der Waals surface area contributed by atoms with Gasteiger partial charge in [0.1, 0.15) is 5.75 Å². The number of benzene rings is 2. The normalized spacial score (nSPS) is 10.6. The van der Waals surface area contributed by atoms with Gasteiger partial charge < -0.3 is 4.74 Å². The maximum atomic E-state index is 5.37. The van der Waals surface area contributed by atoms with E-state index in [0.717, 1.165) is 27.9 Å². The number of hydrogen-bond donors (Lipinski definition) is 0. The lowest BCUT2D eigenvalue weighted by molar-refractivity contribution is 0.411. The Balaban J connectivity index is 1.81. The van der Waals surface area contributed by atoms with E-state index in [1.54, 1.807) is 23.6 Å². The molecule has 0 fully saturated rings. The van der Waals surface area contributed by atoms with Gasteiger partial charge in [-0.05, 0) is 41.1 Å². The lowest BCUT2D eigenvalue weighted by Gasteiger charge is -2.08. The van der Waals surface area contributed by atoms with E-state index in [1.165, 1.54) is 5.56 Å². The molecular weight excluding hydrogens is 296 g/mol. The lowest BCUT2D eigenvalue weighted by Crippen LogP contribution is -1.99. The predicted octanol–water partition coefficient (Wildman–Crippen LogP) is 3.27. The minimum absolute atomic E-state index is 0.746. The summed E-state index contributed by atoms with van der Waals surface area (Å²) in [6.45, 7) is 2.05. The van der Waals surface area contributed by atoms with Gasteiger partial charge in [0.2, 0.25) is 5.16 Å². The molecule has 0 aliphatic rings. The number of tetrazole rings is 1. The van der Waals surface area contributed by atoms with Crippen molar-refractivity contribution in [3.63, 3.8) is 0 Å². The summed E-state index contributed by atoms with van der Waals surface area (Å²) < 4.78 is 7.13. The first kappa shape index (κ1) is 14.6. The number of aromatic nitrogens is 4. The standard InChI is InChI=1S/C16H16N4OS/c1-12-6-5-8-14(10-12)20-16(17-18-19-20)22-11-13-7-3-4-9-15(13)21-2/h3-10H,11H2,1-2H3. The lowest BCUT2D eigenvalue weighted by atomic mass is 10.2. The third-order valence-electron chi connectivity index (χ3n) is 3.24. The van der Waals surface area contributed by atoms with Gasteiger partial charge in [0, 0.05) is 11.3 Å². The van der Waals surface area contributed by atoms with Crippen LogP contribution < -0.4 is 4.74 Å². The zero-order valence-electron chi connectivity index (χ0n) is 12.4. The molecule has 3 rings (SSSR count).